The standard InChI is InChI=1S/C30H38N6O10/c1-14(33-28(43)21(13-37)31-3)26(41)32-12-24(40)36(4)25-17-6-8-23(39)19(11-17)18-9-16(5-7-22(18)38)10-20(30(45)46)35-27(42)15(2)34-29(25)44/h5-9,11,14-15,20-21,25,31,37-39H,10,12-13H2,1-4H3,(H,32,41)(H,33,43)(H,34,44)(H,35,42)(H,45,46)/t14-,15+,20+,21-,25+/m1/s1. The van der Waals surface area contributed by atoms with E-state index in [-0.39, 0.29) is 34.6 Å². The molecule has 0 saturated carbocycles. The largest absolute Gasteiger partial charge is 0.507 e. The van der Waals surface area contributed by atoms with Crippen molar-refractivity contribution in [1.29, 1.82) is 0 Å². The number of fused-ring (bicyclic) bond motifs is 5. The van der Waals surface area contributed by atoms with Gasteiger partial charge < -0.3 is 51.9 Å². The molecule has 1 aliphatic rings. The van der Waals surface area contributed by atoms with Gasteiger partial charge in [-0.25, -0.2) is 4.79 Å². The molecule has 4 bridgehead atoms. The minimum atomic E-state index is -1.43. The zero-order chi connectivity index (χ0) is 34.3. The van der Waals surface area contributed by atoms with Crippen LogP contribution in [0.3, 0.4) is 0 Å². The minimum absolute atomic E-state index is 0.0807. The molecule has 5 amide bonds. The number of carboxylic acids is 1. The molecule has 16 heteroatoms. The van der Waals surface area contributed by atoms with Crippen LogP contribution in [0.25, 0.3) is 11.1 Å². The molecular formula is C30H38N6O10. The van der Waals surface area contributed by atoms with Gasteiger partial charge in [-0.1, -0.05) is 12.1 Å². The second-order valence-corrected chi connectivity index (χ2v) is 10.8. The molecule has 248 valence electrons. The van der Waals surface area contributed by atoms with Crippen LogP contribution in [-0.4, -0.2) is 112 Å². The third kappa shape index (κ3) is 8.28. The first kappa shape index (κ1) is 35.3. The molecule has 0 aromatic heterocycles. The number of phenols is 2. The van der Waals surface area contributed by atoms with Crippen molar-refractivity contribution in [2.45, 2.75) is 50.5 Å². The number of carbonyl (C=O) groups is 6. The number of amides is 5. The lowest BCUT2D eigenvalue weighted by molar-refractivity contribution is -0.143. The van der Waals surface area contributed by atoms with Crippen molar-refractivity contribution < 1.29 is 49.2 Å². The van der Waals surface area contributed by atoms with Gasteiger partial charge in [0.2, 0.25) is 29.5 Å². The molecule has 1 aliphatic heterocycles. The summed E-state index contributed by atoms with van der Waals surface area (Å²) in [6.07, 6.45) is -0.166. The summed E-state index contributed by atoms with van der Waals surface area (Å²) in [4.78, 5) is 77.6. The van der Waals surface area contributed by atoms with Crippen molar-refractivity contribution in [3.8, 4) is 22.6 Å². The average Bonchev–Trinajstić information content (AvgIpc) is 3.01. The average molecular weight is 643 g/mol. The summed E-state index contributed by atoms with van der Waals surface area (Å²) in [5, 5.41) is 52.6. The summed E-state index contributed by atoms with van der Waals surface area (Å²) in [7, 11) is 2.74. The molecule has 2 aromatic carbocycles. The summed E-state index contributed by atoms with van der Waals surface area (Å²) < 4.78 is 0. The van der Waals surface area contributed by atoms with Crippen molar-refractivity contribution in [3.63, 3.8) is 0 Å². The number of aliphatic hydroxyl groups excluding tert-OH is 1. The maximum Gasteiger partial charge on any atom is 0.326 e. The number of hydrogen-bond acceptors (Lipinski definition) is 10. The van der Waals surface area contributed by atoms with E-state index < -0.39 is 78.9 Å². The Morgan fingerprint density at radius 3 is 2.22 bits per heavy atom. The summed E-state index contributed by atoms with van der Waals surface area (Å²) in [6, 6.07) is 2.15. The molecule has 5 atom stereocenters. The van der Waals surface area contributed by atoms with Crippen molar-refractivity contribution in [1.82, 2.24) is 31.5 Å². The van der Waals surface area contributed by atoms with E-state index in [1.807, 2.05) is 0 Å². The van der Waals surface area contributed by atoms with E-state index in [4.69, 9.17) is 0 Å². The Labute approximate surface area is 264 Å². The molecule has 0 spiro atoms. The third-order valence-electron chi connectivity index (χ3n) is 7.54. The van der Waals surface area contributed by atoms with Gasteiger partial charge in [0, 0.05) is 24.6 Å². The van der Waals surface area contributed by atoms with Crippen LogP contribution in [0.4, 0.5) is 0 Å². The highest BCUT2D eigenvalue weighted by molar-refractivity contribution is 5.96. The fraction of sp³-hybridized carbons (Fsp3) is 0.400. The Morgan fingerprint density at radius 2 is 1.61 bits per heavy atom. The molecule has 3 rings (SSSR count). The summed E-state index contributed by atoms with van der Waals surface area (Å²) in [5.41, 5.74) is 0.781. The number of rotatable bonds is 9. The summed E-state index contributed by atoms with van der Waals surface area (Å²) >= 11 is 0. The second kappa shape index (κ2) is 15.2. The number of carboxylic acid groups (broad SMARTS) is 1. The highest BCUT2D eigenvalue weighted by atomic mass is 16.4. The van der Waals surface area contributed by atoms with Gasteiger partial charge in [0.15, 0.2) is 0 Å². The Bertz CT molecular complexity index is 1510. The lowest BCUT2D eigenvalue weighted by Gasteiger charge is -2.30. The molecule has 1 heterocycles. The normalized spacial score (nSPS) is 19.4. The van der Waals surface area contributed by atoms with Gasteiger partial charge in [-0.05, 0) is 56.3 Å². The summed E-state index contributed by atoms with van der Waals surface area (Å²) in [5.74, 6) is -5.64. The number of carbonyl (C=O) groups excluding carboxylic acids is 5. The van der Waals surface area contributed by atoms with Crippen molar-refractivity contribution >= 4 is 35.5 Å². The predicted octanol–water partition coefficient (Wildman–Crippen LogP) is -1.90. The maximum absolute atomic E-state index is 13.6. The Balaban J connectivity index is 1.96. The van der Waals surface area contributed by atoms with Crippen LogP contribution in [0, 0.1) is 0 Å². The fourth-order valence-corrected chi connectivity index (χ4v) is 4.78. The predicted molar refractivity (Wildman–Crippen MR) is 162 cm³/mol. The molecule has 0 fully saturated rings. The number of likely N-dealkylation sites (N-methyl/N-ethyl adjacent to an activating group) is 2. The van der Waals surface area contributed by atoms with Gasteiger partial charge in [0.05, 0.1) is 13.2 Å². The molecule has 16 nitrogen and oxygen atoms in total. The highest BCUT2D eigenvalue weighted by Crippen LogP contribution is 2.38. The Morgan fingerprint density at radius 1 is 0.978 bits per heavy atom. The van der Waals surface area contributed by atoms with Crippen LogP contribution >= 0.6 is 0 Å². The smallest absolute Gasteiger partial charge is 0.326 e. The van der Waals surface area contributed by atoms with Gasteiger partial charge in [-0.15, -0.1) is 0 Å². The van der Waals surface area contributed by atoms with Gasteiger partial charge in [0.1, 0.15) is 41.7 Å². The first-order valence-electron chi connectivity index (χ1n) is 14.3. The number of phenolic OH excluding ortho intramolecular Hbond substituents is 2. The number of aliphatic carboxylic acids is 1. The molecule has 0 unspecified atom stereocenters. The monoisotopic (exact) mass is 642 g/mol. The van der Waals surface area contributed by atoms with Crippen molar-refractivity contribution in [2.75, 3.05) is 27.2 Å². The van der Waals surface area contributed by atoms with E-state index in [1.54, 1.807) is 0 Å². The Kier molecular flexibility index (Phi) is 11.6. The maximum atomic E-state index is 13.6. The summed E-state index contributed by atoms with van der Waals surface area (Å²) in [6.45, 7) is 1.61. The lowest BCUT2D eigenvalue weighted by atomic mass is 9.94. The molecule has 9 N–H and O–H groups in total. The number of aliphatic hydroxyl groups is 1. The van der Waals surface area contributed by atoms with Crippen molar-refractivity contribution in [2.24, 2.45) is 0 Å². The van der Waals surface area contributed by atoms with Gasteiger partial charge in [0.25, 0.3) is 0 Å². The topological polar surface area (TPSA) is 247 Å². The number of nitrogens with zero attached hydrogens (tertiary/aromatic N) is 1. The van der Waals surface area contributed by atoms with E-state index >= 15 is 0 Å². The zero-order valence-corrected chi connectivity index (χ0v) is 25.7. The van der Waals surface area contributed by atoms with Crippen LogP contribution < -0.4 is 26.6 Å². The van der Waals surface area contributed by atoms with Crippen LogP contribution in [0.1, 0.15) is 31.0 Å². The third-order valence-corrected chi connectivity index (χ3v) is 7.54. The molecule has 46 heavy (non-hydrogen) atoms. The van der Waals surface area contributed by atoms with E-state index in [9.17, 15) is 49.2 Å². The van der Waals surface area contributed by atoms with Crippen LogP contribution in [-0.2, 0) is 35.2 Å². The van der Waals surface area contributed by atoms with Crippen LogP contribution in [0.2, 0.25) is 0 Å². The van der Waals surface area contributed by atoms with Gasteiger partial charge in [-0.2, -0.15) is 0 Å². The van der Waals surface area contributed by atoms with E-state index in [2.05, 4.69) is 26.6 Å². The van der Waals surface area contributed by atoms with E-state index in [0.29, 0.717) is 5.56 Å². The van der Waals surface area contributed by atoms with Crippen LogP contribution in [0.15, 0.2) is 36.4 Å². The van der Waals surface area contributed by atoms with E-state index in [0.717, 1.165) is 4.90 Å². The first-order chi connectivity index (χ1) is 21.7. The number of aromatic hydroxyl groups is 2. The highest BCUT2D eigenvalue weighted by Gasteiger charge is 2.33. The minimum Gasteiger partial charge on any atom is -0.507 e. The van der Waals surface area contributed by atoms with Crippen molar-refractivity contribution in [3.05, 3.63) is 47.5 Å². The van der Waals surface area contributed by atoms with E-state index in [1.165, 1.54) is 64.3 Å². The fourth-order valence-electron chi connectivity index (χ4n) is 4.78. The SMILES string of the molecule is CN[C@H](CO)C(=O)N[C@H](C)C(=O)NCC(=O)N(C)[C@@H]1C(=O)N[C@@H](C)C(=O)N[C@H](C(=O)O)Cc2ccc(O)c(c2)-c2cc1ccc2O. The lowest BCUT2D eigenvalue weighted by Crippen LogP contribution is -2.54. The van der Waals surface area contributed by atoms with Gasteiger partial charge in [-0.3, -0.25) is 24.0 Å². The molecule has 2 aromatic rings. The Hall–Kier alpha value is -5.22. The number of nitrogens with one attached hydrogen (secondary N) is 5. The first-order valence-corrected chi connectivity index (χ1v) is 14.3. The zero-order valence-electron chi connectivity index (χ0n) is 25.7. The molecular weight excluding hydrogens is 604 g/mol. The molecule has 0 aliphatic carbocycles. The van der Waals surface area contributed by atoms with Gasteiger partial charge >= 0.3 is 5.97 Å². The van der Waals surface area contributed by atoms with Crippen LogP contribution in [0.5, 0.6) is 11.5 Å². The molecule has 0 saturated heterocycles. The number of hydrogen-bond donors (Lipinski definition) is 9. The molecule has 0 radical (unpaired) electrons. The quantitative estimate of drug-likeness (QED) is 0.146. The second-order valence-electron chi connectivity index (χ2n) is 10.8. The number of benzene rings is 2.